The first-order chi connectivity index (χ1) is 12.3. The fraction of sp³-hybridized carbons (Fsp3) is 0.100. The number of benzene rings is 2. The van der Waals surface area contributed by atoms with Gasteiger partial charge in [0.05, 0.1) is 5.69 Å². The first-order valence-corrected chi connectivity index (χ1v) is 11.1. The standard InChI is InChI=1S/C12H8N3.C8H12P2.Ir/c1-2-6-10-9(5-1)14-12(15-10)11-7-3-4-8-13-11;1-9-7-5-3-4-6-8(7)10-2;/h1-8H;3-6,9-10H,1-2H3;/q-1;;. The van der Waals surface area contributed by atoms with E-state index in [2.05, 4.69) is 52.5 Å². The second-order valence-electron chi connectivity index (χ2n) is 5.30. The van der Waals surface area contributed by atoms with Crippen LogP contribution in [0.25, 0.3) is 22.6 Å². The number of imidazole rings is 1. The minimum absolute atomic E-state index is 0. The van der Waals surface area contributed by atoms with Crippen LogP contribution in [0.3, 0.4) is 0 Å². The second kappa shape index (κ2) is 10.7. The monoisotopic (exact) mass is 557 g/mol. The Morgan fingerprint density at radius 2 is 1.38 bits per heavy atom. The molecule has 2 atom stereocenters. The number of rotatable bonds is 3. The molecule has 0 saturated carbocycles. The molecule has 0 fully saturated rings. The van der Waals surface area contributed by atoms with Crippen molar-refractivity contribution in [2.45, 2.75) is 0 Å². The van der Waals surface area contributed by atoms with Crippen molar-refractivity contribution in [1.29, 1.82) is 0 Å². The molecule has 1 radical (unpaired) electrons. The Kier molecular flexibility index (Phi) is 8.55. The molecule has 2 aromatic carbocycles. The molecule has 6 heteroatoms. The quantitative estimate of drug-likeness (QED) is 0.361. The normalized spacial score (nSPS) is 10.8. The summed E-state index contributed by atoms with van der Waals surface area (Å²) in [6, 6.07) is 22.2. The number of nitrogens with zero attached hydrogens (tertiary/aromatic N) is 3. The molecular formula is C20H20IrN3P2-. The van der Waals surface area contributed by atoms with Crippen LogP contribution < -0.4 is 15.6 Å². The fourth-order valence-electron chi connectivity index (χ4n) is 2.44. The van der Waals surface area contributed by atoms with Crippen LogP contribution in [0.1, 0.15) is 0 Å². The van der Waals surface area contributed by atoms with Gasteiger partial charge < -0.3 is 9.97 Å². The third-order valence-corrected chi connectivity index (χ3v) is 5.89. The summed E-state index contributed by atoms with van der Waals surface area (Å²) in [6.07, 6.45) is 1.75. The predicted octanol–water partition coefficient (Wildman–Crippen LogP) is 3.81. The average molecular weight is 557 g/mol. The van der Waals surface area contributed by atoms with Gasteiger partial charge in [-0.1, -0.05) is 71.8 Å². The van der Waals surface area contributed by atoms with Crippen LogP contribution in [0.15, 0.2) is 72.9 Å². The van der Waals surface area contributed by atoms with Crippen LogP contribution in [0, 0.1) is 0 Å². The molecule has 0 aliphatic heterocycles. The van der Waals surface area contributed by atoms with Crippen LogP contribution in [-0.2, 0) is 20.1 Å². The van der Waals surface area contributed by atoms with E-state index in [-0.39, 0.29) is 20.1 Å². The number of hydrogen-bond acceptors (Lipinski definition) is 2. The van der Waals surface area contributed by atoms with Gasteiger partial charge in [-0.25, -0.2) is 0 Å². The Morgan fingerprint density at radius 3 is 1.96 bits per heavy atom. The summed E-state index contributed by atoms with van der Waals surface area (Å²) in [5.41, 5.74) is 2.64. The van der Waals surface area contributed by atoms with Gasteiger partial charge in [0.25, 0.3) is 0 Å². The third kappa shape index (κ3) is 5.29. The van der Waals surface area contributed by atoms with E-state index >= 15 is 0 Å². The number of para-hydroxylation sites is 2. The molecule has 4 rings (SSSR count). The van der Waals surface area contributed by atoms with Crippen LogP contribution in [-0.4, -0.2) is 23.3 Å². The van der Waals surface area contributed by atoms with Gasteiger partial charge in [-0.05, 0) is 52.9 Å². The molecule has 2 heterocycles. The van der Waals surface area contributed by atoms with Crippen molar-refractivity contribution >= 4 is 38.8 Å². The third-order valence-electron chi connectivity index (χ3n) is 3.69. The van der Waals surface area contributed by atoms with Crippen LogP contribution >= 0.6 is 17.2 Å². The van der Waals surface area contributed by atoms with Gasteiger partial charge >= 0.3 is 0 Å². The molecule has 26 heavy (non-hydrogen) atoms. The average Bonchev–Trinajstić information content (AvgIpc) is 3.13. The Hall–Kier alpha value is -1.43. The minimum atomic E-state index is 0. The van der Waals surface area contributed by atoms with Crippen molar-refractivity contribution in [2.75, 3.05) is 13.3 Å². The summed E-state index contributed by atoms with van der Waals surface area (Å²) in [5.74, 6) is 0.691. The number of hydrogen-bond donors (Lipinski definition) is 0. The number of fused-ring (bicyclic) bond motifs is 1. The zero-order chi connectivity index (χ0) is 17.5. The van der Waals surface area contributed by atoms with E-state index in [1.165, 1.54) is 10.6 Å². The van der Waals surface area contributed by atoms with E-state index in [1.54, 1.807) is 6.20 Å². The van der Waals surface area contributed by atoms with Gasteiger partial charge in [0.15, 0.2) is 0 Å². The summed E-state index contributed by atoms with van der Waals surface area (Å²) in [7, 11) is 1.89. The van der Waals surface area contributed by atoms with Gasteiger partial charge in [-0.15, -0.1) is 0 Å². The van der Waals surface area contributed by atoms with Crippen molar-refractivity contribution in [2.24, 2.45) is 0 Å². The number of aromatic nitrogens is 3. The molecule has 0 amide bonds. The molecule has 135 valence electrons. The SMILES string of the molecule is CPc1ccccc1PC.[Ir].c1ccc(-c2nc3ccccc3[n-]2)nc1. The maximum atomic E-state index is 4.41. The maximum Gasteiger partial charge on any atom is 0.0620 e. The minimum Gasteiger partial charge on any atom is -0.434 e. The van der Waals surface area contributed by atoms with Crippen molar-refractivity contribution < 1.29 is 20.1 Å². The molecular weight excluding hydrogens is 536 g/mol. The fourth-order valence-corrected chi connectivity index (χ4v) is 4.42. The topological polar surface area (TPSA) is 39.9 Å². The van der Waals surface area contributed by atoms with Crippen LogP contribution in [0.4, 0.5) is 0 Å². The van der Waals surface area contributed by atoms with E-state index < -0.39 is 0 Å². The van der Waals surface area contributed by atoms with Gasteiger partial charge in [-0.2, -0.15) is 0 Å². The van der Waals surface area contributed by atoms with Gasteiger partial charge in [0.1, 0.15) is 0 Å². The molecule has 0 N–H and O–H groups in total. The maximum absolute atomic E-state index is 4.41. The van der Waals surface area contributed by atoms with E-state index in [0.29, 0.717) is 5.82 Å². The smallest absolute Gasteiger partial charge is 0.0620 e. The molecule has 4 aromatic rings. The van der Waals surface area contributed by atoms with E-state index in [1.807, 2.05) is 42.5 Å². The summed E-state index contributed by atoms with van der Waals surface area (Å²) in [6.45, 7) is 4.47. The van der Waals surface area contributed by atoms with E-state index in [4.69, 9.17) is 0 Å². The molecule has 2 aromatic heterocycles. The van der Waals surface area contributed by atoms with Crippen LogP contribution in [0.2, 0.25) is 0 Å². The Bertz CT molecular complexity index is 886. The van der Waals surface area contributed by atoms with Gasteiger partial charge in [0.2, 0.25) is 0 Å². The van der Waals surface area contributed by atoms with Crippen molar-refractivity contribution in [3.8, 4) is 11.5 Å². The first kappa shape index (κ1) is 20.9. The molecule has 0 bridgehead atoms. The van der Waals surface area contributed by atoms with E-state index in [0.717, 1.165) is 33.9 Å². The van der Waals surface area contributed by atoms with Crippen molar-refractivity contribution in [3.05, 3.63) is 72.9 Å². The molecule has 3 nitrogen and oxygen atoms in total. The largest absolute Gasteiger partial charge is 0.434 e. The van der Waals surface area contributed by atoms with Gasteiger partial charge in [0, 0.05) is 26.3 Å². The summed E-state index contributed by atoms with van der Waals surface area (Å²) >= 11 is 0. The zero-order valence-electron chi connectivity index (χ0n) is 14.6. The second-order valence-corrected chi connectivity index (χ2v) is 7.37. The first-order valence-electron chi connectivity index (χ1n) is 8.07. The number of pyridine rings is 1. The molecule has 0 aliphatic carbocycles. The molecule has 2 unspecified atom stereocenters. The van der Waals surface area contributed by atoms with Crippen LogP contribution in [0.5, 0.6) is 0 Å². The van der Waals surface area contributed by atoms with Crippen molar-refractivity contribution in [1.82, 2.24) is 15.0 Å². The Labute approximate surface area is 171 Å². The predicted molar refractivity (Wildman–Crippen MR) is 112 cm³/mol. The van der Waals surface area contributed by atoms with Gasteiger partial charge in [-0.3, -0.25) is 4.98 Å². The summed E-state index contributed by atoms with van der Waals surface area (Å²) < 4.78 is 0. The Morgan fingerprint density at radius 1 is 0.769 bits per heavy atom. The van der Waals surface area contributed by atoms with E-state index in [9.17, 15) is 0 Å². The Balaban J connectivity index is 0.000000195. The molecule has 0 spiro atoms. The molecule has 0 aliphatic rings. The van der Waals surface area contributed by atoms with Crippen molar-refractivity contribution in [3.63, 3.8) is 0 Å². The summed E-state index contributed by atoms with van der Waals surface area (Å²) in [4.78, 5) is 13.0. The zero-order valence-corrected chi connectivity index (χ0v) is 19.0. The molecule has 0 saturated heterocycles. The summed E-state index contributed by atoms with van der Waals surface area (Å²) in [5, 5.41) is 3.06.